The van der Waals surface area contributed by atoms with Crippen molar-refractivity contribution < 1.29 is 4.52 Å². The summed E-state index contributed by atoms with van der Waals surface area (Å²) in [5, 5.41) is 15.9. The first kappa shape index (κ1) is 12.6. The minimum absolute atomic E-state index is 0.575. The minimum Gasteiger partial charge on any atom is -0.385 e. The van der Waals surface area contributed by atoms with E-state index in [0.29, 0.717) is 30.2 Å². The first-order valence-electron chi connectivity index (χ1n) is 5.42. The van der Waals surface area contributed by atoms with Gasteiger partial charge in [-0.25, -0.2) is 0 Å². The lowest BCUT2D eigenvalue weighted by molar-refractivity contribution is 0.387. The number of aryl methyl sites for hydroxylation is 1. The number of aromatic nitrogens is 2. The molecule has 0 aliphatic carbocycles. The third-order valence-electron chi connectivity index (χ3n) is 2.34. The molecule has 0 unspecified atom stereocenters. The molecule has 5 nitrogen and oxygen atoms in total. The Morgan fingerprint density at radius 1 is 1.50 bits per heavy atom. The van der Waals surface area contributed by atoms with Crippen LogP contribution in [0.1, 0.15) is 17.3 Å². The van der Waals surface area contributed by atoms with Crippen molar-refractivity contribution >= 4 is 21.6 Å². The van der Waals surface area contributed by atoms with E-state index < -0.39 is 0 Å². The number of nitrogens with zero attached hydrogens (tertiary/aromatic N) is 3. The largest absolute Gasteiger partial charge is 0.385 e. The Kier molecular flexibility index (Phi) is 3.95. The van der Waals surface area contributed by atoms with E-state index in [1.165, 1.54) is 0 Å². The SMILES string of the molecule is Cc1nc(CCNc2ccc(C#N)c(Br)c2)no1. The van der Waals surface area contributed by atoms with Crippen LogP contribution in [0, 0.1) is 18.3 Å². The maximum absolute atomic E-state index is 8.81. The highest BCUT2D eigenvalue weighted by atomic mass is 79.9. The number of benzene rings is 1. The topological polar surface area (TPSA) is 74.7 Å². The van der Waals surface area contributed by atoms with Crippen molar-refractivity contribution in [3.05, 3.63) is 40.0 Å². The molecule has 0 radical (unpaired) electrons. The van der Waals surface area contributed by atoms with E-state index >= 15 is 0 Å². The summed E-state index contributed by atoms with van der Waals surface area (Å²) >= 11 is 3.35. The Hall–Kier alpha value is -1.87. The van der Waals surface area contributed by atoms with Gasteiger partial charge in [0.2, 0.25) is 5.89 Å². The first-order chi connectivity index (χ1) is 8.69. The van der Waals surface area contributed by atoms with E-state index in [1.54, 1.807) is 13.0 Å². The first-order valence-corrected chi connectivity index (χ1v) is 6.21. The lowest BCUT2D eigenvalue weighted by Crippen LogP contribution is -2.06. The van der Waals surface area contributed by atoms with Gasteiger partial charge < -0.3 is 9.84 Å². The van der Waals surface area contributed by atoms with Crippen molar-refractivity contribution in [1.29, 1.82) is 5.26 Å². The summed E-state index contributed by atoms with van der Waals surface area (Å²) in [6, 6.07) is 7.61. The molecule has 0 bridgehead atoms. The third kappa shape index (κ3) is 3.08. The summed E-state index contributed by atoms with van der Waals surface area (Å²) in [6.07, 6.45) is 0.689. The number of anilines is 1. The van der Waals surface area contributed by atoms with Crippen molar-refractivity contribution in [3.63, 3.8) is 0 Å². The molecular formula is C12H11BrN4O. The molecule has 0 aliphatic heterocycles. The van der Waals surface area contributed by atoms with Gasteiger partial charge in [-0.2, -0.15) is 10.2 Å². The number of halogens is 1. The zero-order valence-corrected chi connectivity index (χ0v) is 11.4. The van der Waals surface area contributed by atoms with Gasteiger partial charge in [-0.05, 0) is 34.1 Å². The molecule has 1 aromatic heterocycles. The molecule has 0 spiro atoms. The molecule has 2 aromatic rings. The summed E-state index contributed by atoms with van der Waals surface area (Å²) in [5.41, 5.74) is 1.57. The molecule has 0 atom stereocenters. The monoisotopic (exact) mass is 306 g/mol. The van der Waals surface area contributed by atoms with E-state index in [9.17, 15) is 0 Å². The Bertz CT molecular complexity index is 588. The maximum Gasteiger partial charge on any atom is 0.223 e. The molecule has 1 N–H and O–H groups in total. The van der Waals surface area contributed by atoms with Gasteiger partial charge in [-0.1, -0.05) is 5.16 Å². The van der Waals surface area contributed by atoms with Crippen LogP contribution in [-0.4, -0.2) is 16.7 Å². The predicted molar refractivity (Wildman–Crippen MR) is 70.1 cm³/mol. The van der Waals surface area contributed by atoms with Crippen LogP contribution in [0.3, 0.4) is 0 Å². The summed E-state index contributed by atoms with van der Waals surface area (Å²) in [5.74, 6) is 1.26. The van der Waals surface area contributed by atoms with Crippen LogP contribution in [-0.2, 0) is 6.42 Å². The Balaban J connectivity index is 1.91. The van der Waals surface area contributed by atoms with Crippen LogP contribution in [0.2, 0.25) is 0 Å². The smallest absolute Gasteiger partial charge is 0.223 e. The molecule has 0 saturated carbocycles. The van der Waals surface area contributed by atoms with Gasteiger partial charge in [0.15, 0.2) is 5.82 Å². The third-order valence-corrected chi connectivity index (χ3v) is 2.99. The fourth-order valence-electron chi connectivity index (χ4n) is 1.48. The molecular weight excluding hydrogens is 296 g/mol. The summed E-state index contributed by atoms with van der Waals surface area (Å²) < 4.78 is 5.67. The van der Waals surface area contributed by atoms with Crippen molar-refractivity contribution in [3.8, 4) is 6.07 Å². The predicted octanol–water partition coefficient (Wildman–Crippen LogP) is 2.67. The average Bonchev–Trinajstić information content (AvgIpc) is 2.75. The molecule has 18 heavy (non-hydrogen) atoms. The molecule has 0 aliphatic rings. The van der Waals surface area contributed by atoms with E-state index in [4.69, 9.17) is 9.78 Å². The average molecular weight is 307 g/mol. The second kappa shape index (κ2) is 5.65. The van der Waals surface area contributed by atoms with E-state index in [1.807, 2.05) is 12.1 Å². The second-order valence-corrected chi connectivity index (χ2v) is 4.57. The molecule has 0 saturated heterocycles. The van der Waals surface area contributed by atoms with Gasteiger partial charge in [-0.15, -0.1) is 0 Å². The molecule has 2 rings (SSSR count). The van der Waals surface area contributed by atoms with Crippen LogP contribution in [0.25, 0.3) is 0 Å². The summed E-state index contributed by atoms with van der Waals surface area (Å²) in [6.45, 7) is 2.47. The minimum atomic E-state index is 0.575. The standard InChI is InChI=1S/C12H11BrN4O/c1-8-16-12(17-18-8)4-5-15-10-3-2-9(7-14)11(13)6-10/h2-3,6,15H,4-5H2,1H3. The molecule has 1 aromatic carbocycles. The molecule has 0 amide bonds. The van der Waals surface area contributed by atoms with Gasteiger partial charge in [0.25, 0.3) is 0 Å². The lowest BCUT2D eigenvalue weighted by Gasteiger charge is -2.05. The highest BCUT2D eigenvalue weighted by molar-refractivity contribution is 9.10. The summed E-state index contributed by atoms with van der Waals surface area (Å²) in [7, 11) is 0. The Morgan fingerprint density at radius 2 is 2.33 bits per heavy atom. The molecule has 92 valence electrons. The second-order valence-electron chi connectivity index (χ2n) is 3.71. The van der Waals surface area contributed by atoms with Crippen LogP contribution >= 0.6 is 15.9 Å². The van der Waals surface area contributed by atoms with E-state index in [2.05, 4.69) is 37.5 Å². The number of nitrogens with one attached hydrogen (secondary N) is 1. The molecule has 6 heteroatoms. The van der Waals surface area contributed by atoms with Crippen molar-refractivity contribution in [1.82, 2.24) is 10.1 Å². The van der Waals surface area contributed by atoms with Gasteiger partial charge in [0.05, 0.1) is 5.56 Å². The Labute approximate surface area is 113 Å². The number of nitriles is 1. The highest BCUT2D eigenvalue weighted by Crippen LogP contribution is 2.20. The fraction of sp³-hybridized carbons (Fsp3) is 0.250. The van der Waals surface area contributed by atoms with Gasteiger partial charge in [0.1, 0.15) is 6.07 Å². The van der Waals surface area contributed by atoms with Crippen LogP contribution < -0.4 is 5.32 Å². The Morgan fingerprint density at radius 3 is 2.94 bits per heavy atom. The molecule has 1 heterocycles. The van der Waals surface area contributed by atoms with Crippen molar-refractivity contribution in [2.24, 2.45) is 0 Å². The molecule has 0 fully saturated rings. The van der Waals surface area contributed by atoms with Crippen LogP contribution in [0.5, 0.6) is 0 Å². The van der Waals surface area contributed by atoms with Gasteiger partial charge in [0, 0.05) is 30.0 Å². The summed E-state index contributed by atoms with van der Waals surface area (Å²) in [4.78, 5) is 4.12. The van der Waals surface area contributed by atoms with Crippen molar-refractivity contribution in [2.45, 2.75) is 13.3 Å². The zero-order chi connectivity index (χ0) is 13.0. The maximum atomic E-state index is 8.81. The van der Waals surface area contributed by atoms with E-state index in [-0.39, 0.29) is 0 Å². The van der Waals surface area contributed by atoms with Crippen molar-refractivity contribution in [2.75, 3.05) is 11.9 Å². The van der Waals surface area contributed by atoms with Gasteiger partial charge >= 0.3 is 0 Å². The normalized spacial score (nSPS) is 10.1. The fourth-order valence-corrected chi connectivity index (χ4v) is 1.94. The zero-order valence-electron chi connectivity index (χ0n) is 9.77. The van der Waals surface area contributed by atoms with Crippen LogP contribution in [0.15, 0.2) is 27.2 Å². The number of rotatable bonds is 4. The quantitative estimate of drug-likeness (QED) is 0.940. The van der Waals surface area contributed by atoms with E-state index in [0.717, 1.165) is 10.2 Å². The van der Waals surface area contributed by atoms with Crippen LogP contribution in [0.4, 0.5) is 5.69 Å². The number of hydrogen-bond acceptors (Lipinski definition) is 5. The number of hydrogen-bond donors (Lipinski definition) is 1. The lowest BCUT2D eigenvalue weighted by atomic mass is 10.2. The highest BCUT2D eigenvalue weighted by Gasteiger charge is 2.03. The van der Waals surface area contributed by atoms with Gasteiger partial charge in [-0.3, -0.25) is 0 Å².